The van der Waals surface area contributed by atoms with Crippen molar-refractivity contribution < 1.29 is 14.6 Å². The lowest BCUT2D eigenvalue weighted by Crippen LogP contribution is -2.09. The molecule has 3 N–H and O–H groups in total. The lowest BCUT2D eigenvalue weighted by molar-refractivity contribution is -0.384. The minimum absolute atomic E-state index is 0.0423. The highest BCUT2D eigenvalue weighted by Gasteiger charge is 2.13. The summed E-state index contributed by atoms with van der Waals surface area (Å²) in [6, 6.07) is 12.3. The lowest BCUT2D eigenvalue weighted by Gasteiger charge is -2.12. The molecule has 0 fully saturated rings. The molecule has 0 saturated carbocycles. The number of non-ortho nitro benzene ring substituents is 1. The van der Waals surface area contributed by atoms with Crippen LogP contribution in [-0.4, -0.2) is 33.3 Å². The maximum Gasteiger partial charge on any atom is 0.271 e. The average Bonchev–Trinajstić information content (AvgIpc) is 3.20. The molecule has 2 aromatic carbocycles. The molecule has 0 amide bonds. The third-order valence-corrected chi connectivity index (χ3v) is 4.16. The Morgan fingerprint density at radius 1 is 1.14 bits per heavy atom. The van der Waals surface area contributed by atoms with Crippen LogP contribution in [0.1, 0.15) is 18.4 Å². The highest BCUT2D eigenvalue weighted by atomic mass is 16.6. The van der Waals surface area contributed by atoms with Gasteiger partial charge in [-0.05, 0) is 18.1 Å². The van der Waals surface area contributed by atoms with E-state index in [0.717, 1.165) is 12.0 Å². The Bertz CT molecular complexity index is 940. The zero-order valence-corrected chi connectivity index (χ0v) is 15.4. The van der Waals surface area contributed by atoms with Crippen molar-refractivity contribution in [3.8, 4) is 11.4 Å². The van der Waals surface area contributed by atoms with Gasteiger partial charge >= 0.3 is 0 Å². The van der Waals surface area contributed by atoms with Crippen molar-refractivity contribution in [3.63, 3.8) is 0 Å². The number of aliphatic hydroxyl groups excluding tert-OH is 1. The number of nitro benzene ring substituents is 1. The van der Waals surface area contributed by atoms with Crippen LogP contribution in [0.2, 0.25) is 0 Å². The number of nitro groups is 1. The largest absolute Gasteiger partial charge is 0.395 e. The first-order valence-corrected chi connectivity index (χ1v) is 8.89. The van der Waals surface area contributed by atoms with Crippen molar-refractivity contribution in [2.45, 2.75) is 19.9 Å². The predicted octanol–water partition coefficient (Wildman–Crippen LogP) is 3.22. The summed E-state index contributed by atoms with van der Waals surface area (Å²) in [7, 11) is 0. The highest BCUT2D eigenvalue weighted by molar-refractivity contribution is 5.72. The quantitative estimate of drug-likeness (QED) is 0.380. The van der Waals surface area contributed by atoms with Crippen LogP contribution in [0.15, 0.2) is 47.0 Å². The fourth-order valence-corrected chi connectivity index (χ4v) is 2.64. The van der Waals surface area contributed by atoms with Gasteiger partial charge in [-0.25, -0.2) is 0 Å². The van der Waals surface area contributed by atoms with Gasteiger partial charge in [0.1, 0.15) is 0 Å². The Hall–Kier alpha value is -3.46. The molecule has 0 saturated heterocycles. The highest BCUT2D eigenvalue weighted by Crippen LogP contribution is 2.27. The molecule has 0 atom stereocenters. The summed E-state index contributed by atoms with van der Waals surface area (Å²) in [5.74, 6) is 0.839. The van der Waals surface area contributed by atoms with E-state index >= 15 is 0 Å². The van der Waals surface area contributed by atoms with Crippen LogP contribution in [0.5, 0.6) is 0 Å². The molecule has 146 valence electrons. The first kappa shape index (κ1) is 19.3. The van der Waals surface area contributed by atoms with Gasteiger partial charge in [0.2, 0.25) is 11.7 Å². The molecule has 0 spiro atoms. The van der Waals surface area contributed by atoms with Crippen LogP contribution in [0.25, 0.3) is 11.4 Å². The van der Waals surface area contributed by atoms with Gasteiger partial charge in [0.05, 0.1) is 29.4 Å². The maximum absolute atomic E-state index is 11.0. The number of aliphatic hydroxyl groups is 1. The molecule has 0 aliphatic carbocycles. The molecule has 3 aromatic rings. The molecule has 0 aliphatic heterocycles. The van der Waals surface area contributed by atoms with Crippen LogP contribution < -0.4 is 10.6 Å². The summed E-state index contributed by atoms with van der Waals surface area (Å²) >= 11 is 0. The number of aryl methyl sites for hydroxylation is 1. The van der Waals surface area contributed by atoms with E-state index in [4.69, 9.17) is 9.63 Å². The second kappa shape index (κ2) is 8.96. The van der Waals surface area contributed by atoms with Crippen molar-refractivity contribution in [3.05, 3.63) is 64.0 Å². The Balaban J connectivity index is 1.73. The minimum atomic E-state index is -0.466. The maximum atomic E-state index is 11.0. The van der Waals surface area contributed by atoms with Crippen molar-refractivity contribution in [2.24, 2.45) is 0 Å². The standard InChI is InChI=1S/C19H21N5O4/c1-2-13-3-5-14(6-4-13)19-22-18(28-23-19)12-21-17-11-15(24(26)27)7-8-16(17)20-9-10-25/h3-8,11,20-21,25H,2,9-10,12H2,1H3. The number of benzene rings is 2. The Kier molecular flexibility index (Phi) is 6.18. The van der Waals surface area contributed by atoms with Crippen LogP contribution in [0.3, 0.4) is 0 Å². The number of hydrogen-bond acceptors (Lipinski definition) is 8. The third kappa shape index (κ3) is 4.63. The molecular weight excluding hydrogens is 362 g/mol. The van der Waals surface area contributed by atoms with E-state index in [1.807, 2.05) is 24.3 Å². The molecule has 0 bridgehead atoms. The van der Waals surface area contributed by atoms with Gasteiger partial charge in [-0.1, -0.05) is 36.3 Å². The van der Waals surface area contributed by atoms with Crippen LogP contribution >= 0.6 is 0 Å². The minimum Gasteiger partial charge on any atom is -0.395 e. The zero-order chi connectivity index (χ0) is 19.9. The molecule has 1 heterocycles. The summed E-state index contributed by atoms with van der Waals surface area (Å²) in [5.41, 5.74) is 3.18. The number of aromatic nitrogens is 2. The smallest absolute Gasteiger partial charge is 0.271 e. The molecule has 0 aliphatic rings. The Labute approximate surface area is 161 Å². The van der Waals surface area contributed by atoms with Crippen molar-refractivity contribution in [2.75, 3.05) is 23.8 Å². The molecule has 3 rings (SSSR count). The fraction of sp³-hybridized carbons (Fsp3) is 0.263. The second-order valence-corrected chi connectivity index (χ2v) is 6.05. The number of rotatable bonds is 9. The van der Waals surface area contributed by atoms with E-state index in [1.165, 1.54) is 17.7 Å². The average molecular weight is 383 g/mol. The number of nitrogens with one attached hydrogen (secondary N) is 2. The van der Waals surface area contributed by atoms with Crippen LogP contribution in [0, 0.1) is 10.1 Å². The van der Waals surface area contributed by atoms with Crippen LogP contribution in [0.4, 0.5) is 17.1 Å². The molecule has 1 aromatic heterocycles. The zero-order valence-electron chi connectivity index (χ0n) is 15.4. The van der Waals surface area contributed by atoms with E-state index in [2.05, 4.69) is 27.7 Å². The molecule has 0 radical (unpaired) electrons. The van der Waals surface area contributed by atoms with Crippen molar-refractivity contribution >= 4 is 17.1 Å². The van der Waals surface area contributed by atoms with Gasteiger partial charge < -0.3 is 20.3 Å². The van der Waals surface area contributed by atoms with Gasteiger partial charge in [-0.2, -0.15) is 4.98 Å². The molecule has 9 nitrogen and oxygen atoms in total. The summed E-state index contributed by atoms with van der Waals surface area (Å²) in [6.07, 6.45) is 0.956. The molecule has 28 heavy (non-hydrogen) atoms. The van der Waals surface area contributed by atoms with Gasteiger partial charge in [-0.3, -0.25) is 10.1 Å². The van der Waals surface area contributed by atoms with E-state index in [9.17, 15) is 10.1 Å². The Morgan fingerprint density at radius 2 is 1.93 bits per heavy atom. The summed E-state index contributed by atoms with van der Waals surface area (Å²) in [5, 5.41) is 30.1. The first-order chi connectivity index (χ1) is 13.6. The number of nitrogens with zero attached hydrogens (tertiary/aromatic N) is 3. The predicted molar refractivity (Wildman–Crippen MR) is 105 cm³/mol. The van der Waals surface area contributed by atoms with Crippen LogP contribution in [-0.2, 0) is 13.0 Å². The van der Waals surface area contributed by atoms with E-state index in [0.29, 0.717) is 29.6 Å². The van der Waals surface area contributed by atoms with E-state index in [1.54, 1.807) is 6.07 Å². The monoisotopic (exact) mass is 383 g/mol. The SMILES string of the molecule is CCc1ccc(-c2noc(CNc3cc([N+](=O)[O-])ccc3NCCO)n2)cc1. The van der Waals surface area contributed by atoms with Gasteiger partial charge in [-0.15, -0.1) is 0 Å². The summed E-state index contributed by atoms with van der Waals surface area (Å²) in [6.45, 7) is 2.56. The van der Waals surface area contributed by atoms with E-state index < -0.39 is 4.92 Å². The first-order valence-electron chi connectivity index (χ1n) is 8.89. The summed E-state index contributed by atoms with van der Waals surface area (Å²) < 4.78 is 5.28. The number of anilines is 2. The van der Waals surface area contributed by atoms with Gasteiger partial charge in [0, 0.05) is 24.2 Å². The third-order valence-electron chi connectivity index (χ3n) is 4.16. The van der Waals surface area contributed by atoms with Gasteiger partial charge in [0.15, 0.2) is 0 Å². The van der Waals surface area contributed by atoms with Crippen molar-refractivity contribution in [1.29, 1.82) is 0 Å². The summed E-state index contributed by atoms with van der Waals surface area (Å²) in [4.78, 5) is 14.9. The second-order valence-electron chi connectivity index (χ2n) is 6.05. The fourth-order valence-electron chi connectivity index (χ4n) is 2.64. The van der Waals surface area contributed by atoms with Crippen molar-refractivity contribution in [1.82, 2.24) is 10.1 Å². The molecular formula is C19H21N5O4. The Morgan fingerprint density at radius 3 is 2.61 bits per heavy atom. The normalized spacial score (nSPS) is 10.6. The topological polar surface area (TPSA) is 126 Å². The lowest BCUT2D eigenvalue weighted by atomic mass is 10.1. The molecule has 9 heteroatoms. The van der Waals surface area contributed by atoms with E-state index in [-0.39, 0.29) is 18.8 Å². The molecule has 0 unspecified atom stereocenters. The van der Waals surface area contributed by atoms with Gasteiger partial charge in [0.25, 0.3) is 5.69 Å². The number of hydrogen-bond donors (Lipinski definition) is 3.